The minimum absolute atomic E-state index is 0.0391. The molecular formula is C24H25NOS. The van der Waals surface area contributed by atoms with Gasteiger partial charge in [-0.15, -0.1) is 11.3 Å². The Bertz CT molecular complexity index is 1070. The fourth-order valence-electron chi connectivity index (χ4n) is 4.07. The zero-order valence-electron chi connectivity index (χ0n) is 16.0. The zero-order chi connectivity index (χ0) is 19.0. The van der Waals surface area contributed by atoms with E-state index in [1.807, 2.05) is 30.3 Å². The smallest absolute Gasteiger partial charge is 0.118 e. The summed E-state index contributed by atoms with van der Waals surface area (Å²) in [5.74, 6) is 0.0391. The molecule has 3 heteroatoms. The van der Waals surface area contributed by atoms with Gasteiger partial charge in [0.05, 0.1) is 0 Å². The summed E-state index contributed by atoms with van der Waals surface area (Å²) in [4.78, 5) is 2.14. The molecule has 0 spiro atoms. The van der Waals surface area contributed by atoms with Gasteiger partial charge in [-0.2, -0.15) is 0 Å². The van der Waals surface area contributed by atoms with Gasteiger partial charge < -0.3 is 10.0 Å². The monoisotopic (exact) mass is 375 g/mol. The molecule has 0 aliphatic heterocycles. The summed E-state index contributed by atoms with van der Waals surface area (Å²) in [7, 11) is 4.11. The van der Waals surface area contributed by atoms with Crippen LogP contribution < -0.4 is 0 Å². The Kier molecular flexibility index (Phi) is 4.77. The third kappa shape index (κ3) is 3.16. The van der Waals surface area contributed by atoms with Crippen LogP contribution in [-0.2, 0) is 5.60 Å². The summed E-state index contributed by atoms with van der Waals surface area (Å²) in [6.45, 7) is 2.93. The second kappa shape index (κ2) is 7.08. The van der Waals surface area contributed by atoms with Crippen molar-refractivity contribution in [3.05, 3.63) is 83.9 Å². The third-order valence-corrected chi connectivity index (χ3v) is 6.53. The molecule has 3 aromatic carbocycles. The molecule has 138 valence electrons. The van der Waals surface area contributed by atoms with Gasteiger partial charge in [-0.1, -0.05) is 61.5 Å². The van der Waals surface area contributed by atoms with Crippen molar-refractivity contribution in [3.8, 4) is 0 Å². The van der Waals surface area contributed by atoms with E-state index >= 15 is 0 Å². The first-order valence-corrected chi connectivity index (χ1v) is 10.2. The van der Waals surface area contributed by atoms with Crippen LogP contribution in [0.25, 0.3) is 20.2 Å². The maximum atomic E-state index is 12.0. The lowest BCUT2D eigenvalue weighted by molar-refractivity contribution is 0.0135. The van der Waals surface area contributed by atoms with Crippen LogP contribution in [0.2, 0.25) is 0 Å². The van der Waals surface area contributed by atoms with Crippen molar-refractivity contribution in [2.45, 2.75) is 12.5 Å². The number of fused-ring (bicyclic) bond motifs is 3. The molecule has 0 aliphatic carbocycles. The number of benzene rings is 3. The highest BCUT2D eigenvalue weighted by Gasteiger charge is 2.38. The number of nitrogens with zero attached hydrogens (tertiary/aromatic N) is 1. The molecule has 0 fully saturated rings. The molecule has 0 amide bonds. The van der Waals surface area contributed by atoms with Crippen molar-refractivity contribution < 1.29 is 5.11 Å². The first-order chi connectivity index (χ1) is 13.0. The molecule has 2 unspecified atom stereocenters. The Labute approximate surface area is 164 Å². The molecular weight excluding hydrogens is 350 g/mol. The van der Waals surface area contributed by atoms with Crippen molar-refractivity contribution in [2.24, 2.45) is 5.92 Å². The van der Waals surface area contributed by atoms with Crippen LogP contribution in [0, 0.1) is 5.92 Å². The van der Waals surface area contributed by atoms with E-state index in [4.69, 9.17) is 0 Å². The van der Waals surface area contributed by atoms with Crippen LogP contribution >= 0.6 is 11.3 Å². The predicted octanol–water partition coefficient (Wildman–Crippen LogP) is 5.49. The maximum absolute atomic E-state index is 12.0. The van der Waals surface area contributed by atoms with E-state index in [-0.39, 0.29) is 5.92 Å². The standard InChI is InChI=1S/C24H25NOS/c1-17(16-25(2)3)24(26,18-9-5-4-6-10-18)19-13-14-23-21(15-19)20-11-7-8-12-22(20)27-23/h4-15,17,26H,16H2,1-3H3. The molecule has 4 rings (SSSR count). The Hall–Kier alpha value is -2.20. The van der Waals surface area contributed by atoms with Gasteiger partial charge in [-0.3, -0.25) is 0 Å². The molecule has 0 bridgehead atoms. The lowest BCUT2D eigenvalue weighted by Gasteiger charge is -2.37. The van der Waals surface area contributed by atoms with Crippen LogP contribution in [0.15, 0.2) is 72.8 Å². The van der Waals surface area contributed by atoms with Gasteiger partial charge in [0.2, 0.25) is 0 Å². The summed E-state index contributed by atoms with van der Waals surface area (Å²) in [5.41, 5.74) is 0.861. The largest absolute Gasteiger partial charge is 0.380 e. The van der Waals surface area contributed by atoms with Crippen LogP contribution in [0.3, 0.4) is 0 Å². The third-order valence-electron chi connectivity index (χ3n) is 5.38. The average molecular weight is 376 g/mol. The highest BCUT2D eigenvalue weighted by atomic mass is 32.1. The summed E-state index contributed by atoms with van der Waals surface area (Å²) in [6, 6.07) is 25.0. The molecule has 1 aromatic heterocycles. The van der Waals surface area contributed by atoms with Gasteiger partial charge in [0.25, 0.3) is 0 Å². The van der Waals surface area contributed by atoms with Gasteiger partial charge in [-0.05, 0) is 43.4 Å². The van der Waals surface area contributed by atoms with Crippen molar-refractivity contribution in [1.29, 1.82) is 0 Å². The second-order valence-electron chi connectivity index (χ2n) is 7.60. The summed E-state index contributed by atoms with van der Waals surface area (Å²) in [6.07, 6.45) is 0. The molecule has 2 nitrogen and oxygen atoms in total. The highest BCUT2D eigenvalue weighted by Crippen LogP contribution is 2.41. The summed E-state index contributed by atoms with van der Waals surface area (Å²) in [5, 5.41) is 14.5. The molecule has 4 aromatic rings. The predicted molar refractivity (Wildman–Crippen MR) is 116 cm³/mol. The molecule has 2 atom stereocenters. The second-order valence-corrected chi connectivity index (χ2v) is 8.69. The van der Waals surface area contributed by atoms with Crippen LogP contribution in [0.4, 0.5) is 0 Å². The van der Waals surface area contributed by atoms with Gasteiger partial charge in [-0.25, -0.2) is 0 Å². The molecule has 27 heavy (non-hydrogen) atoms. The number of aliphatic hydroxyl groups is 1. The van der Waals surface area contributed by atoms with Crippen molar-refractivity contribution >= 4 is 31.5 Å². The Morgan fingerprint density at radius 3 is 2.26 bits per heavy atom. The van der Waals surface area contributed by atoms with E-state index in [2.05, 4.69) is 68.4 Å². The zero-order valence-corrected chi connectivity index (χ0v) is 16.8. The Balaban J connectivity index is 1.93. The van der Waals surface area contributed by atoms with Crippen LogP contribution in [-0.4, -0.2) is 30.6 Å². The molecule has 1 heterocycles. The first kappa shape index (κ1) is 18.2. The van der Waals surface area contributed by atoms with E-state index in [0.717, 1.165) is 17.7 Å². The van der Waals surface area contributed by atoms with Crippen molar-refractivity contribution in [2.75, 3.05) is 20.6 Å². The highest BCUT2D eigenvalue weighted by molar-refractivity contribution is 7.25. The van der Waals surface area contributed by atoms with Gasteiger partial charge >= 0.3 is 0 Å². The molecule has 0 saturated carbocycles. The summed E-state index contributed by atoms with van der Waals surface area (Å²) >= 11 is 1.81. The molecule has 0 aliphatic rings. The van der Waals surface area contributed by atoms with Crippen molar-refractivity contribution in [3.63, 3.8) is 0 Å². The lowest BCUT2D eigenvalue weighted by atomic mass is 9.76. The fraction of sp³-hybridized carbons (Fsp3) is 0.250. The van der Waals surface area contributed by atoms with Crippen LogP contribution in [0.1, 0.15) is 18.1 Å². The molecule has 0 radical (unpaired) electrons. The minimum Gasteiger partial charge on any atom is -0.380 e. The van der Waals surface area contributed by atoms with E-state index < -0.39 is 5.60 Å². The number of thiophene rings is 1. The number of rotatable bonds is 5. The van der Waals surface area contributed by atoms with E-state index in [1.165, 1.54) is 20.2 Å². The number of hydrogen-bond acceptors (Lipinski definition) is 3. The summed E-state index contributed by atoms with van der Waals surface area (Å²) < 4.78 is 2.55. The van der Waals surface area contributed by atoms with Crippen molar-refractivity contribution in [1.82, 2.24) is 4.90 Å². The molecule has 1 N–H and O–H groups in total. The SMILES string of the molecule is CC(CN(C)C)C(O)(c1ccccc1)c1ccc2sc3ccccc3c2c1. The van der Waals surface area contributed by atoms with Gasteiger partial charge in [0.15, 0.2) is 0 Å². The van der Waals surface area contributed by atoms with Crippen LogP contribution in [0.5, 0.6) is 0 Å². The topological polar surface area (TPSA) is 23.5 Å². The Morgan fingerprint density at radius 1 is 0.852 bits per heavy atom. The van der Waals surface area contributed by atoms with E-state index in [1.54, 1.807) is 11.3 Å². The lowest BCUT2D eigenvalue weighted by Crippen LogP contribution is -2.40. The maximum Gasteiger partial charge on any atom is 0.118 e. The Morgan fingerprint density at radius 2 is 1.52 bits per heavy atom. The quantitative estimate of drug-likeness (QED) is 0.499. The fourth-order valence-corrected chi connectivity index (χ4v) is 5.16. The average Bonchev–Trinajstić information content (AvgIpc) is 3.05. The molecule has 0 saturated heterocycles. The van der Waals surface area contributed by atoms with E-state index in [0.29, 0.717) is 0 Å². The minimum atomic E-state index is -1.04. The normalized spacial score (nSPS) is 15.3. The van der Waals surface area contributed by atoms with Gasteiger partial charge in [0, 0.05) is 32.6 Å². The van der Waals surface area contributed by atoms with Gasteiger partial charge in [0.1, 0.15) is 5.60 Å². The first-order valence-electron chi connectivity index (χ1n) is 9.34. The van der Waals surface area contributed by atoms with E-state index in [9.17, 15) is 5.11 Å². The number of hydrogen-bond donors (Lipinski definition) is 1.